The van der Waals surface area contributed by atoms with Crippen molar-refractivity contribution in [3.8, 4) is 0 Å². The van der Waals surface area contributed by atoms with Crippen molar-refractivity contribution in [2.24, 2.45) is 0 Å². The van der Waals surface area contributed by atoms with Gasteiger partial charge in [-0.3, -0.25) is 0 Å². The molecule has 0 unspecified atom stereocenters. The van der Waals surface area contributed by atoms with E-state index in [2.05, 4.69) is 43.8 Å². The SMILES string of the molecule is CCCCSC[n+]1ccc(C)c(C)c1. The zero-order chi connectivity index (χ0) is 10.4. The quantitative estimate of drug-likeness (QED) is 0.533. The van der Waals surface area contributed by atoms with E-state index in [9.17, 15) is 0 Å². The molecule has 78 valence electrons. The Hall–Kier alpha value is -0.500. The summed E-state index contributed by atoms with van der Waals surface area (Å²) >= 11 is 2.01. The van der Waals surface area contributed by atoms with E-state index in [0.29, 0.717) is 0 Å². The van der Waals surface area contributed by atoms with Gasteiger partial charge in [0.05, 0.1) is 0 Å². The molecule has 0 atom stereocenters. The number of rotatable bonds is 5. The first-order chi connectivity index (χ1) is 6.74. The Morgan fingerprint density at radius 1 is 1.29 bits per heavy atom. The van der Waals surface area contributed by atoms with Crippen molar-refractivity contribution in [1.29, 1.82) is 0 Å². The van der Waals surface area contributed by atoms with Crippen LogP contribution < -0.4 is 4.57 Å². The molecule has 0 spiro atoms. The summed E-state index contributed by atoms with van der Waals surface area (Å²) in [4.78, 5) is 0. The molecule has 1 heterocycles. The average Bonchev–Trinajstić information content (AvgIpc) is 2.18. The van der Waals surface area contributed by atoms with E-state index >= 15 is 0 Å². The fourth-order valence-corrected chi connectivity index (χ4v) is 2.22. The van der Waals surface area contributed by atoms with Gasteiger partial charge in [0.1, 0.15) is 0 Å². The molecule has 14 heavy (non-hydrogen) atoms. The maximum Gasteiger partial charge on any atom is 0.194 e. The molecule has 1 nitrogen and oxygen atoms in total. The fourth-order valence-electron chi connectivity index (χ4n) is 1.23. The number of hydrogen-bond donors (Lipinski definition) is 0. The van der Waals surface area contributed by atoms with Crippen molar-refractivity contribution in [1.82, 2.24) is 0 Å². The van der Waals surface area contributed by atoms with E-state index in [4.69, 9.17) is 0 Å². The van der Waals surface area contributed by atoms with E-state index in [1.54, 1.807) is 0 Å². The third-order valence-electron chi connectivity index (χ3n) is 2.38. The van der Waals surface area contributed by atoms with Gasteiger partial charge < -0.3 is 0 Å². The van der Waals surface area contributed by atoms with Crippen LogP contribution in [-0.2, 0) is 5.88 Å². The van der Waals surface area contributed by atoms with Gasteiger partial charge in [0.2, 0.25) is 0 Å². The second-order valence-electron chi connectivity index (χ2n) is 3.72. The summed E-state index contributed by atoms with van der Waals surface area (Å²) in [7, 11) is 0. The first kappa shape index (κ1) is 11.6. The van der Waals surface area contributed by atoms with Gasteiger partial charge in [-0.2, -0.15) is 4.57 Å². The van der Waals surface area contributed by atoms with Gasteiger partial charge in [-0.15, -0.1) is 0 Å². The first-order valence-corrected chi connectivity index (χ1v) is 6.43. The molecule has 0 radical (unpaired) electrons. The zero-order valence-corrected chi connectivity index (χ0v) is 10.2. The van der Waals surface area contributed by atoms with Gasteiger partial charge in [0.15, 0.2) is 18.3 Å². The molecule has 0 N–H and O–H groups in total. The van der Waals surface area contributed by atoms with Gasteiger partial charge in [0.25, 0.3) is 0 Å². The molecule has 1 rings (SSSR count). The molecule has 0 fully saturated rings. The number of unbranched alkanes of at least 4 members (excludes halogenated alkanes) is 1. The van der Waals surface area contributed by atoms with E-state index in [1.807, 2.05) is 11.8 Å². The molecule has 1 aromatic rings. The first-order valence-electron chi connectivity index (χ1n) is 5.28. The minimum atomic E-state index is 1.08. The van der Waals surface area contributed by atoms with Gasteiger partial charge in [-0.05, 0) is 31.6 Å². The van der Waals surface area contributed by atoms with Gasteiger partial charge >= 0.3 is 0 Å². The number of aromatic nitrogens is 1. The molecule has 0 aliphatic rings. The van der Waals surface area contributed by atoms with Crippen LogP contribution in [0.5, 0.6) is 0 Å². The van der Waals surface area contributed by atoms with Crippen molar-refractivity contribution in [3.05, 3.63) is 29.6 Å². The Bertz CT molecular complexity index is 284. The molecule has 0 amide bonds. The summed E-state index contributed by atoms with van der Waals surface area (Å²) in [5, 5.41) is 0. The Morgan fingerprint density at radius 3 is 2.71 bits per heavy atom. The smallest absolute Gasteiger partial charge is 0.194 e. The van der Waals surface area contributed by atoms with E-state index in [-0.39, 0.29) is 0 Å². The lowest BCUT2D eigenvalue weighted by Crippen LogP contribution is -2.31. The maximum absolute atomic E-state index is 2.27. The zero-order valence-electron chi connectivity index (χ0n) is 9.42. The van der Waals surface area contributed by atoms with Crippen molar-refractivity contribution in [3.63, 3.8) is 0 Å². The summed E-state index contributed by atoms with van der Waals surface area (Å²) in [5.74, 6) is 2.36. The Balaban J connectivity index is 2.39. The van der Waals surface area contributed by atoms with Crippen LogP contribution in [0.3, 0.4) is 0 Å². The summed E-state index contributed by atoms with van der Waals surface area (Å²) in [6.07, 6.45) is 7.02. The number of hydrogen-bond acceptors (Lipinski definition) is 1. The van der Waals surface area contributed by atoms with Crippen LogP contribution in [0.2, 0.25) is 0 Å². The van der Waals surface area contributed by atoms with E-state index in [1.165, 1.54) is 29.7 Å². The Kier molecular flexibility index (Phi) is 5.02. The molecule has 0 saturated heterocycles. The second-order valence-corrected chi connectivity index (χ2v) is 4.79. The van der Waals surface area contributed by atoms with E-state index in [0.717, 1.165) is 5.88 Å². The lowest BCUT2D eigenvalue weighted by molar-refractivity contribution is -0.676. The molecule has 0 aliphatic carbocycles. The summed E-state index contributed by atoms with van der Waals surface area (Å²) < 4.78 is 2.27. The molecule has 0 bridgehead atoms. The fraction of sp³-hybridized carbons (Fsp3) is 0.583. The molecule has 2 heteroatoms. The lowest BCUT2D eigenvalue weighted by Gasteiger charge is -2.00. The highest BCUT2D eigenvalue weighted by Gasteiger charge is 2.02. The Labute approximate surface area is 91.5 Å². The number of aryl methyl sites for hydroxylation is 2. The normalized spacial score (nSPS) is 10.5. The van der Waals surface area contributed by atoms with Gasteiger partial charge in [-0.1, -0.05) is 25.1 Å². The third kappa shape index (κ3) is 3.70. The van der Waals surface area contributed by atoms with Crippen molar-refractivity contribution in [2.45, 2.75) is 39.5 Å². The maximum atomic E-state index is 2.27. The molecule has 0 saturated carbocycles. The monoisotopic (exact) mass is 210 g/mol. The number of pyridine rings is 1. The molecule has 0 aromatic carbocycles. The largest absolute Gasteiger partial charge is 0.195 e. The van der Waals surface area contributed by atoms with Crippen LogP contribution in [0.1, 0.15) is 30.9 Å². The van der Waals surface area contributed by atoms with Crippen LogP contribution in [-0.4, -0.2) is 5.75 Å². The Morgan fingerprint density at radius 2 is 2.07 bits per heavy atom. The average molecular weight is 210 g/mol. The molecular weight excluding hydrogens is 190 g/mol. The molecule has 0 aliphatic heterocycles. The third-order valence-corrected chi connectivity index (χ3v) is 3.44. The number of nitrogens with zero attached hydrogens (tertiary/aromatic N) is 1. The van der Waals surface area contributed by atoms with E-state index < -0.39 is 0 Å². The highest BCUT2D eigenvalue weighted by Crippen LogP contribution is 2.05. The topological polar surface area (TPSA) is 3.88 Å². The highest BCUT2D eigenvalue weighted by molar-refractivity contribution is 7.98. The summed E-state index contributed by atoms with van der Waals surface area (Å²) in [6.45, 7) is 6.57. The lowest BCUT2D eigenvalue weighted by atomic mass is 10.2. The summed E-state index contributed by atoms with van der Waals surface area (Å²) in [5.41, 5.74) is 2.75. The van der Waals surface area contributed by atoms with Crippen LogP contribution in [0, 0.1) is 13.8 Å². The number of thioether (sulfide) groups is 1. The predicted octanol–water partition coefficient (Wildman–Crippen LogP) is 3.08. The molecular formula is C12H20NS+. The molecule has 1 aromatic heterocycles. The minimum Gasteiger partial charge on any atom is -0.195 e. The van der Waals surface area contributed by atoms with Crippen molar-refractivity contribution < 1.29 is 4.57 Å². The van der Waals surface area contributed by atoms with Gasteiger partial charge in [-0.25, -0.2) is 0 Å². The van der Waals surface area contributed by atoms with Crippen LogP contribution in [0.4, 0.5) is 0 Å². The van der Waals surface area contributed by atoms with Crippen molar-refractivity contribution >= 4 is 11.8 Å². The predicted molar refractivity (Wildman–Crippen MR) is 63.5 cm³/mol. The van der Waals surface area contributed by atoms with Crippen LogP contribution in [0.25, 0.3) is 0 Å². The summed E-state index contributed by atoms with van der Waals surface area (Å²) in [6, 6.07) is 2.19. The van der Waals surface area contributed by atoms with Gasteiger partial charge in [0, 0.05) is 11.6 Å². The second kappa shape index (κ2) is 6.07. The standard InChI is InChI=1S/C12H20NS/c1-4-5-8-14-10-13-7-6-11(2)12(3)9-13/h6-7,9H,4-5,8,10H2,1-3H3/q+1. The minimum absolute atomic E-state index is 1.08. The van der Waals surface area contributed by atoms with Crippen LogP contribution in [0.15, 0.2) is 18.5 Å². The van der Waals surface area contributed by atoms with Crippen molar-refractivity contribution in [2.75, 3.05) is 5.75 Å². The highest BCUT2D eigenvalue weighted by atomic mass is 32.2. The van der Waals surface area contributed by atoms with Crippen LogP contribution >= 0.6 is 11.8 Å².